The molecule has 15 heavy (non-hydrogen) atoms. The van der Waals surface area contributed by atoms with Crippen LogP contribution in [0.4, 0.5) is 0 Å². The Morgan fingerprint density at radius 2 is 2.47 bits per heavy atom. The number of carbonyl (C=O) groups is 1. The molecule has 5 heteroatoms. The molecule has 5 nitrogen and oxygen atoms in total. The zero-order valence-electron chi connectivity index (χ0n) is 9.15. The smallest absolute Gasteiger partial charge is 0.331 e. The van der Waals surface area contributed by atoms with Gasteiger partial charge in [0.25, 0.3) is 0 Å². The lowest BCUT2D eigenvalue weighted by Crippen LogP contribution is -2.07. The lowest BCUT2D eigenvalue weighted by atomic mass is 10.2. The minimum absolute atomic E-state index is 0.370. The molecule has 1 N–H and O–H groups in total. The molecular weight excluding hydrogens is 194 g/mol. The van der Waals surface area contributed by atoms with E-state index in [9.17, 15) is 4.79 Å². The molecule has 0 aliphatic carbocycles. The second kappa shape index (κ2) is 5.19. The summed E-state index contributed by atoms with van der Waals surface area (Å²) in [6, 6.07) is 0. The largest absolute Gasteiger partial charge is 0.466 e. The maximum absolute atomic E-state index is 10.7. The van der Waals surface area contributed by atoms with Crippen LogP contribution in [0.5, 0.6) is 0 Å². The molecule has 0 unspecified atom stereocenters. The van der Waals surface area contributed by atoms with Gasteiger partial charge in [-0.2, -0.15) is 5.10 Å². The van der Waals surface area contributed by atoms with Crippen molar-refractivity contribution >= 4 is 5.97 Å². The number of hydrogen-bond donors (Lipinski definition) is 1. The molecule has 0 saturated carbocycles. The Labute approximate surface area is 88.7 Å². The highest BCUT2D eigenvalue weighted by Gasteiger charge is 2.01. The van der Waals surface area contributed by atoms with E-state index in [-0.39, 0.29) is 5.97 Å². The molecule has 0 radical (unpaired) electrons. The Morgan fingerprint density at radius 1 is 1.73 bits per heavy atom. The molecule has 82 valence electrons. The van der Waals surface area contributed by atoms with Crippen molar-refractivity contribution in [1.82, 2.24) is 15.1 Å². The lowest BCUT2D eigenvalue weighted by molar-refractivity contribution is -0.134. The third-order valence-corrected chi connectivity index (χ3v) is 2.17. The molecule has 0 aromatic carbocycles. The maximum atomic E-state index is 10.7. The Morgan fingerprint density at radius 3 is 3.00 bits per heavy atom. The molecule has 1 heterocycles. The average Bonchev–Trinajstić information content (AvgIpc) is 2.55. The second-order valence-corrected chi connectivity index (χ2v) is 3.12. The van der Waals surface area contributed by atoms with E-state index in [1.165, 1.54) is 13.2 Å². The predicted octanol–water partition coefficient (Wildman–Crippen LogP) is 0.505. The molecule has 0 bridgehead atoms. The Hall–Kier alpha value is -1.78. The highest BCUT2D eigenvalue weighted by Crippen LogP contribution is 2.04. The topological polar surface area (TPSA) is 56.1 Å². The zero-order chi connectivity index (χ0) is 11.3. The molecule has 1 aromatic heterocycles. The van der Waals surface area contributed by atoms with Gasteiger partial charge in [-0.3, -0.25) is 4.68 Å². The fourth-order valence-corrected chi connectivity index (χ4v) is 1.08. The Bertz CT molecular complexity index is 369. The molecular formula is C10H15N3O2. The summed E-state index contributed by atoms with van der Waals surface area (Å²) >= 11 is 0. The highest BCUT2D eigenvalue weighted by molar-refractivity contribution is 5.81. The van der Waals surface area contributed by atoms with Crippen LogP contribution in [0.15, 0.2) is 18.5 Å². The number of carbonyl (C=O) groups excluding carboxylic acids is 1. The normalized spacial score (nSPS) is 10.6. The van der Waals surface area contributed by atoms with E-state index in [1.54, 1.807) is 17.1 Å². The zero-order valence-corrected chi connectivity index (χ0v) is 9.15. The van der Waals surface area contributed by atoms with E-state index in [4.69, 9.17) is 0 Å². The fraction of sp³-hybridized carbons (Fsp3) is 0.400. The number of nitrogens with one attached hydrogen (secondary N) is 1. The highest BCUT2D eigenvalue weighted by atomic mass is 16.5. The molecule has 1 aromatic rings. The van der Waals surface area contributed by atoms with Gasteiger partial charge in [-0.05, 0) is 6.92 Å². The minimum atomic E-state index is -0.370. The first-order valence-corrected chi connectivity index (χ1v) is 4.60. The summed E-state index contributed by atoms with van der Waals surface area (Å²) in [6.07, 6.45) is 4.71. The first-order chi connectivity index (χ1) is 7.15. The molecule has 0 atom stereocenters. The number of aromatic nitrogens is 2. The van der Waals surface area contributed by atoms with E-state index >= 15 is 0 Å². The van der Waals surface area contributed by atoms with Crippen LogP contribution in [0.2, 0.25) is 0 Å². The summed E-state index contributed by atoms with van der Waals surface area (Å²) < 4.78 is 6.25. The Balaban J connectivity index is 2.41. The number of rotatable bonds is 4. The number of aryl methyl sites for hydroxylation is 1. The SMILES string of the molecule is COC(=O)/C=C/NCc1cnn(C)c1C. The van der Waals surface area contributed by atoms with Crippen LogP contribution in [0.25, 0.3) is 0 Å². The van der Waals surface area contributed by atoms with Crippen molar-refractivity contribution in [1.29, 1.82) is 0 Å². The first-order valence-electron chi connectivity index (χ1n) is 4.60. The number of methoxy groups -OCH3 is 1. The van der Waals surface area contributed by atoms with Gasteiger partial charge in [0.2, 0.25) is 0 Å². The average molecular weight is 209 g/mol. The molecule has 0 spiro atoms. The standard InChI is InChI=1S/C10H15N3O2/c1-8-9(7-12-13(8)2)6-11-5-4-10(14)15-3/h4-5,7,11H,6H2,1-3H3/b5-4+. The van der Waals surface area contributed by atoms with Crippen LogP contribution in [-0.4, -0.2) is 22.9 Å². The quantitative estimate of drug-likeness (QED) is 0.579. The second-order valence-electron chi connectivity index (χ2n) is 3.12. The lowest BCUT2D eigenvalue weighted by Gasteiger charge is -2.00. The van der Waals surface area contributed by atoms with E-state index in [0.717, 1.165) is 11.3 Å². The van der Waals surface area contributed by atoms with Crippen LogP contribution in [0.3, 0.4) is 0 Å². The van der Waals surface area contributed by atoms with E-state index < -0.39 is 0 Å². The van der Waals surface area contributed by atoms with Gasteiger partial charge in [0.15, 0.2) is 0 Å². The fourth-order valence-electron chi connectivity index (χ4n) is 1.08. The van der Waals surface area contributed by atoms with Crippen molar-refractivity contribution in [2.24, 2.45) is 7.05 Å². The van der Waals surface area contributed by atoms with E-state index in [1.807, 2.05) is 14.0 Å². The van der Waals surface area contributed by atoms with Crippen molar-refractivity contribution < 1.29 is 9.53 Å². The molecule has 0 fully saturated rings. The third-order valence-electron chi connectivity index (χ3n) is 2.17. The summed E-state index contributed by atoms with van der Waals surface area (Å²) in [7, 11) is 3.24. The van der Waals surface area contributed by atoms with Gasteiger partial charge in [0.05, 0.1) is 13.3 Å². The van der Waals surface area contributed by atoms with Gasteiger partial charge < -0.3 is 10.1 Å². The summed E-state index contributed by atoms with van der Waals surface area (Å²) in [5.41, 5.74) is 2.21. The third kappa shape index (κ3) is 3.12. The molecule has 0 saturated heterocycles. The van der Waals surface area contributed by atoms with Crippen LogP contribution in [0, 0.1) is 6.92 Å². The Kier molecular flexibility index (Phi) is 3.91. The van der Waals surface area contributed by atoms with Crippen LogP contribution in [0.1, 0.15) is 11.3 Å². The molecule has 0 aliphatic rings. The van der Waals surface area contributed by atoms with Crippen molar-refractivity contribution in [3.8, 4) is 0 Å². The first kappa shape index (κ1) is 11.3. The van der Waals surface area contributed by atoms with Crippen molar-refractivity contribution in [2.75, 3.05) is 7.11 Å². The predicted molar refractivity (Wildman–Crippen MR) is 55.9 cm³/mol. The van der Waals surface area contributed by atoms with Crippen LogP contribution in [-0.2, 0) is 23.1 Å². The molecule has 1 rings (SSSR count). The van der Waals surface area contributed by atoms with Gasteiger partial charge in [-0.15, -0.1) is 0 Å². The summed E-state index contributed by atoms with van der Waals surface area (Å²) in [5, 5.41) is 7.09. The van der Waals surface area contributed by atoms with E-state index in [0.29, 0.717) is 6.54 Å². The number of hydrogen-bond acceptors (Lipinski definition) is 4. The minimum Gasteiger partial charge on any atom is -0.466 e. The van der Waals surface area contributed by atoms with Crippen LogP contribution < -0.4 is 5.32 Å². The molecule has 0 amide bonds. The number of nitrogens with zero attached hydrogens (tertiary/aromatic N) is 2. The van der Waals surface area contributed by atoms with E-state index in [2.05, 4.69) is 15.2 Å². The molecule has 0 aliphatic heterocycles. The van der Waals surface area contributed by atoms with Crippen molar-refractivity contribution in [2.45, 2.75) is 13.5 Å². The van der Waals surface area contributed by atoms with Crippen LogP contribution >= 0.6 is 0 Å². The summed E-state index contributed by atoms with van der Waals surface area (Å²) in [6.45, 7) is 2.64. The number of esters is 1. The summed E-state index contributed by atoms with van der Waals surface area (Å²) in [4.78, 5) is 10.7. The van der Waals surface area contributed by atoms with Gasteiger partial charge in [0.1, 0.15) is 0 Å². The maximum Gasteiger partial charge on any atom is 0.331 e. The van der Waals surface area contributed by atoms with Gasteiger partial charge in [0, 0.05) is 37.1 Å². The monoisotopic (exact) mass is 209 g/mol. The van der Waals surface area contributed by atoms with Crippen molar-refractivity contribution in [3.63, 3.8) is 0 Å². The summed E-state index contributed by atoms with van der Waals surface area (Å²) in [5.74, 6) is -0.370. The van der Waals surface area contributed by atoms with Crippen molar-refractivity contribution in [3.05, 3.63) is 29.7 Å². The van der Waals surface area contributed by atoms with Gasteiger partial charge >= 0.3 is 5.97 Å². The van der Waals surface area contributed by atoms with Gasteiger partial charge in [-0.1, -0.05) is 0 Å². The van der Waals surface area contributed by atoms with Gasteiger partial charge in [-0.25, -0.2) is 4.79 Å². The number of ether oxygens (including phenoxy) is 1.